The molecule has 3 aromatic rings. The van der Waals surface area contributed by atoms with Gasteiger partial charge in [0.15, 0.2) is 5.78 Å². The summed E-state index contributed by atoms with van der Waals surface area (Å²) in [5.74, 6) is -1.23. The molecule has 0 radical (unpaired) electrons. The van der Waals surface area contributed by atoms with E-state index in [1.807, 2.05) is 13.0 Å². The largest absolute Gasteiger partial charge is 0.321 e. The predicted octanol–water partition coefficient (Wildman–Crippen LogP) is 4.94. The molecule has 150 valence electrons. The van der Waals surface area contributed by atoms with Gasteiger partial charge in [0.1, 0.15) is 4.83 Å². The highest BCUT2D eigenvalue weighted by Gasteiger charge is 2.22. The molecule has 2 heterocycles. The molecule has 0 atom stereocenters. The smallest absolute Gasteiger partial charge is 0.265 e. The SMILES string of the molecule is CC(=O)C(=O)c1ccc(NC(=O)c2cc3c(C)nn(C4CCCCC4)c3s2)cc1. The average Bonchev–Trinajstić information content (AvgIpc) is 3.29. The van der Waals surface area contributed by atoms with Crippen molar-refractivity contribution in [1.82, 2.24) is 9.78 Å². The van der Waals surface area contributed by atoms with Crippen LogP contribution in [0, 0.1) is 6.92 Å². The fourth-order valence-corrected chi connectivity index (χ4v) is 4.99. The maximum absolute atomic E-state index is 12.8. The maximum Gasteiger partial charge on any atom is 0.265 e. The normalized spacial score (nSPS) is 14.8. The Morgan fingerprint density at radius 1 is 1.10 bits per heavy atom. The van der Waals surface area contributed by atoms with Crippen LogP contribution in [-0.2, 0) is 4.79 Å². The van der Waals surface area contributed by atoms with Gasteiger partial charge in [-0.05, 0) is 50.1 Å². The predicted molar refractivity (Wildman–Crippen MR) is 114 cm³/mol. The number of anilines is 1. The van der Waals surface area contributed by atoms with Crippen LogP contribution in [0.3, 0.4) is 0 Å². The summed E-state index contributed by atoms with van der Waals surface area (Å²) in [4.78, 5) is 37.4. The average molecular weight is 410 g/mol. The van der Waals surface area contributed by atoms with Crippen molar-refractivity contribution in [2.75, 3.05) is 5.32 Å². The Labute approximate surface area is 172 Å². The zero-order valence-corrected chi connectivity index (χ0v) is 17.3. The lowest BCUT2D eigenvalue weighted by molar-refractivity contribution is -0.113. The van der Waals surface area contributed by atoms with Crippen LogP contribution in [0.5, 0.6) is 0 Å². The zero-order chi connectivity index (χ0) is 20.5. The van der Waals surface area contributed by atoms with Crippen molar-refractivity contribution in [2.24, 2.45) is 0 Å². The molecule has 0 aliphatic heterocycles. The van der Waals surface area contributed by atoms with E-state index < -0.39 is 11.6 Å². The van der Waals surface area contributed by atoms with Gasteiger partial charge in [-0.3, -0.25) is 19.1 Å². The molecule has 0 saturated heterocycles. The lowest BCUT2D eigenvalue weighted by Crippen LogP contribution is -2.14. The van der Waals surface area contributed by atoms with Crippen LogP contribution in [0.2, 0.25) is 0 Å². The molecule has 2 aromatic heterocycles. The van der Waals surface area contributed by atoms with Crippen LogP contribution in [0.1, 0.15) is 70.8 Å². The first kappa shape index (κ1) is 19.5. The van der Waals surface area contributed by atoms with Crippen LogP contribution in [0.25, 0.3) is 10.2 Å². The summed E-state index contributed by atoms with van der Waals surface area (Å²) >= 11 is 1.47. The highest BCUT2D eigenvalue weighted by atomic mass is 32.1. The number of aryl methyl sites for hydroxylation is 1. The van der Waals surface area contributed by atoms with Gasteiger partial charge in [0.2, 0.25) is 5.78 Å². The first-order valence-electron chi connectivity index (χ1n) is 9.89. The van der Waals surface area contributed by atoms with Crippen molar-refractivity contribution in [3.63, 3.8) is 0 Å². The van der Waals surface area contributed by atoms with Crippen molar-refractivity contribution < 1.29 is 14.4 Å². The summed E-state index contributed by atoms with van der Waals surface area (Å²) < 4.78 is 2.12. The second-order valence-electron chi connectivity index (χ2n) is 7.57. The number of nitrogens with one attached hydrogen (secondary N) is 1. The van der Waals surface area contributed by atoms with Crippen molar-refractivity contribution in [3.05, 3.63) is 46.5 Å². The number of nitrogens with zero attached hydrogens (tertiary/aromatic N) is 2. The highest BCUT2D eigenvalue weighted by Crippen LogP contribution is 2.35. The Morgan fingerprint density at radius 2 is 1.79 bits per heavy atom. The topological polar surface area (TPSA) is 81.1 Å². The number of rotatable bonds is 5. The van der Waals surface area contributed by atoms with Crippen LogP contribution in [0.4, 0.5) is 5.69 Å². The minimum absolute atomic E-state index is 0.188. The number of aromatic nitrogens is 2. The first-order chi connectivity index (χ1) is 13.9. The van der Waals surface area contributed by atoms with Gasteiger partial charge in [0.05, 0.1) is 16.6 Å². The van der Waals surface area contributed by atoms with Crippen molar-refractivity contribution in [1.29, 1.82) is 0 Å². The minimum Gasteiger partial charge on any atom is -0.321 e. The Balaban J connectivity index is 1.54. The van der Waals surface area contributed by atoms with E-state index in [-0.39, 0.29) is 5.91 Å². The number of hydrogen-bond donors (Lipinski definition) is 1. The van der Waals surface area contributed by atoms with E-state index in [2.05, 4.69) is 10.00 Å². The third-order valence-electron chi connectivity index (χ3n) is 5.44. The van der Waals surface area contributed by atoms with E-state index in [4.69, 9.17) is 5.10 Å². The van der Waals surface area contributed by atoms with Crippen molar-refractivity contribution in [2.45, 2.75) is 52.0 Å². The number of amides is 1. The summed E-state index contributed by atoms with van der Waals surface area (Å²) in [7, 11) is 0. The standard InChI is InChI=1S/C22H23N3O3S/c1-13-18-12-19(29-22(18)25(24-13)17-6-4-3-5-7-17)21(28)23-16-10-8-15(9-11-16)20(27)14(2)26/h8-12,17H,3-7H2,1-2H3,(H,23,28). The molecule has 29 heavy (non-hydrogen) atoms. The number of Topliss-reactive ketones (excluding diaryl/α,β-unsaturated/α-hetero) is 2. The summed E-state index contributed by atoms with van der Waals surface area (Å²) in [5, 5.41) is 8.64. The summed E-state index contributed by atoms with van der Waals surface area (Å²) in [6.45, 7) is 3.23. The maximum atomic E-state index is 12.8. The monoisotopic (exact) mass is 409 g/mol. The van der Waals surface area contributed by atoms with Gasteiger partial charge in [0.25, 0.3) is 5.91 Å². The fourth-order valence-electron chi connectivity index (χ4n) is 3.86. The van der Waals surface area contributed by atoms with E-state index in [0.717, 1.165) is 28.8 Å². The van der Waals surface area contributed by atoms with Gasteiger partial charge >= 0.3 is 0 Å². The summed E-state index contributed by atoms with van der Waals surface area (Å²) in [6.07, 6.45) is 6.02. The molecule has 0 spiro atoms. The molecule has 7 heteroatoms. The van der Waals surface area contributed by atoms with E-state index in [9.17, 15) is 14.4 Å². The van der Waals surface area contributed by atoms with Gasteiger partial charge in [0, 0.05) is 23.6 Å². The number of ketones is 2. The molecule has 1 aliphatic rings. The number of hydrogen-bond acceptors (Lipinski definition) is 5. The Bertz CT molecular complexity index is 1090. The Hall–Kier alpha value is -2.80. The molecular formula is C22H23N3O3S. The minimum atomic E-state index is -0.532. The molecule has 0 unspecified atom stereocenters. The highest BCUT2D eigenvalue weighted by molar-refractivity contribution is 7.20. The molecule has 1 aliphatic carbocycles. The Morgan fingerprint density at radius 3 is 2.45 bits per heavy atom. The third kappa shape index (κ3) is 3.87. The van der Waals surface area contributed by atoms with Crippen molar-refractivity contribution in [3.8, 4) is 0 Å². The van der Waals surface area contributed by atoms with E-state index >= 15 is 0 Å². The lowest BCUT2D eigenvalue weighted by atomic mass is 9.96. The van der Waals surface area contributed by atoms with Gasteiger partial charge in [-0.2, -0.15) is 5.10 Å². The molecule has 1 aromatic carbocycles. The second-order valence-corrected chi connectivity index (χ2v) is 8.60. The molecule has 1 N–H and O–H groups in total. The fraction of sp³-hybridized carbons (Fsp3) is 0.364. The molecular weight excluding hydrogens is 386 g/mol. The number of thiophene rings is 1. The van der Waals surface area contributed by atoms with E-state index in [1.165, 1.54) is 37.5 Å². The lowest BCUT2D eigenvalue weighted by Gasteiger charge is -2.22. The van der Waals surface area contributed by atoms with Crippen LogP contribution in [-0.4, -0.2) is 27.3 Å². The number of carbonyl (C=O) groups excluding carboxylic acids is 3. The quantitative estimate of drug-likeness (QED) is 0.478. The third-order valence-corrected chi connectivity index (χ3v) is 6.56. The van der Waals surface area contributed by atoms with Gasteiger partial charge in [-0.15, -0.1) is 11.3 Å². The first-order valence-corrected chi connectivity index (χ1v) is 10.7. The molecule has 1 saturated carbocycles. The number of benzene rings is 1. The Kier molecular flexibility index (Phi) is 5.32. The molecule has 1 amide bonds. The van der Waals surface area contributed by atoms with Crippen LogP contribution >= 0.6 is 11.3 Å². The second kappa shape index (κ2) is 7.91. The van der Waals surface area contributed by atoms with Gasteiger partial charge < -0.3 is 5.32 Å². The summed E-state index contributed by atoms with van der Waals surface area (Å²) in [5.41, 5.74) is 1.85. The van der Waals surface area contributed by atoms with Gasteiger partial charge in [-0.25, -0.2) is 0 Å². The molecule has 4 rings (SSSR count). The number of fused-ring (bicyclic) bond motifs is 1. The number of carbonyl (C=O) groups is 3. The van der Waals surface area contributed by atoms with Crippen molar-refractivity contribution >= 4 is 44.7 Å². The molecule has 0 bridgehead atoms. The van der Waals surface area contributed by atoms with Crippen LogP contribution in [0.15, 0.2) is 30.3 Å². The van der Waals surface area contributed by atoms with E-state index in [0.29, 0.717) is 22.2 Å². The molecule has 1 fully saturated rings. The summed E-state index contributed by atoms with van der Waals surface area (Å²) in [6, 6.07) is 8.70. The van der Waals surface area contributed by atoms with Gasteiger partial charge in [-0.1, -0.05) is 19.3 Å². The van der Waals surface area contributed by atoms with E-state index in [1.54, 1.807) is 24.3 Å². The molecule has 6 nitrogen and oxygen atoms in total. The zero-order valence-electron chi connectivity index (χ0n) is 16.5. The van der Waals surface area contributed by atoms with Crippen LogP contribution < -0.4 is 5.32 Å².